The first-order chi connectivity index (χ1) is 6.26. The Morgan fingerprint density at radius 2 is 1.64 bits per heavy atom. The lowest BCUT2D eigenvalue weighted by Crippen LogP contribution is -2.38. The molecular weight excluding hydrogens is 172 g/mol. The summed E-state index contributed by atoms with van der Waals surface area (Å²) in [5.74, 6) is 2.74. The lowest BCUT2D eigenvalue weighted by Gasteiger charge is -2.45. The van der Waals surface area contributed by atoms with Crippen molar-refractivity contribution in [3.63, 3.8) is 0 Å². The SMILES string of the molecule is C#CC(O)C1CC(C)(C)CC(C)(C)C1. The van der Waals surface area contributed by atoms with E-state index in [0.29, 0.717) is 10.8 Å². The number of hydrogen-bond donors (Lipinski definition) is 1. The van der Waals surface area contributed by atoms with Gasteiger partial charge in [-0.2, -0.15) is 0 Å². The first kappa shape index (κ1) is 11.6. The van der Waals surface area contributed by atoms with Crippen molar-refractivity contribution >= 4 is 0 Å². The lowest BCUT2D eigenvalue weighted by molar-refractivity contribution is 0.0163. The van der Waals surface area contributed by atoms with E-state index in [0.717, 1.165) is 12.8 Å². The Morgan fingerprint density at radius 3 is 2.00 bits per heavy atom. The molecule has 1 unspecified atom stereocenters. The third-order valence-electron chi connectivity index (χ3n) is 3.20. The molecule has 0 bridgehead atoms. The quantitative estimate of drug-likeness (QED) is 0.636. The van der Waals surface area contributed by atoms with Crippen LogP contribution < -0.4 is 0 Å². The maximum absolute atomic E-state index is 9.71. The van der Waals surface area contributed by atoms with Crippen molar-refractivity contribution in [1.82, 2.24) is 0 Å². The molecule has 1 atom stereocenters. The van der Waals surface area contributed by atoms with Crippen LogP contribution in [0.1, 0.15) is 47.0 Å². The van der Waals surface area contributed by atoms with E-state index in [1.165, 1.54) is 6.42 Å². The van der Waals surface area contributed by atoms with Crippen LogP contribution >= 0.6 is 0 Å². The van der Waals surface area contributed by atoms with Crippen LogP contribution in [-0.2, 0) is 0 Å². The summed E-state index contributed by atoms with van der Waals surface area (Å²) >= 11 is 0. The Morgan fingerprint density at radius 1 is 1.21 bits per heavy atom. The van der Waals surface area contributed by atoms with Gasteiger partial charge in [0.1, 0.15) is 6.10 Å². The van der Waals surface area contributed by atoms with Crippen LogP contribution in [0, 0.1) is 29.1 Å². The smallest absolute Gasteiger partial charge is 0.117 e. The van der Waals surface area contributed by atoms with Gasteiger partial charge in [-0.15, -0.1) is 6.42 Å². The second-order valence-electron chi connectivity index (χ2n) is 6.29. The van der Waals surface area contributed by atoms with Crippen molar-refractivity contribution < 1.29 is 5.11 Å². The standard InChI is InChI=1S/C13H22O/c1-6-11(14)10-7-12(2,3)9-13(4,5)8-10/h1,10-11,14H,7-9H2,2-5H3. The molecule has 14 heavy (non-hydrogen) atoms. The van der Waals surface area contributed by atoms with Crippen molar-refractivity contribution in [2.24, 2.45) is 16.7 Å². The predicted molar refractivity (Wildman–Crippen MR) is 59.7 cm³/mol. The topological polar surface area (TPSA) is 20.2 Å². The summed E-state index contributed by atoms with van der Waals surface area (Å²) in [6.07, 6.45) is 8.02. The van der Waals surface area contributed by atoms with Gasteiger partial charge in [-0.3, -0.25) is 0 Å². The number of aliphatic hydroxyl groups is 1. The van der Waals surface area contributed by atoms with Gasteiger partial charge in [0.15, 0.2) is 0 Å². The predicted octanol–water partition coefficient (Wildman–Crippen LogP) is 2.83. The third-order valence-corrected chi connectivity index (χ3v) is 3.20. The van der Waals surface area contributed by atoms with Crippen molar-refractivity contribution in [2.75, 3.05) is 0 Å². The maximum atomic E-state index is 9.71. The highest BCUT2D eigenvalue weighted by molar-refractivity contribution is 5.01. The van der Waals surface area contributed by atoms with Gasteiger partial charge in [0.2, 0.25) is 0 Å². The van der Waals surface area contributed by atoms with Crippen LogP contribution in [-0.4, -0.2) is 11.2 Å². The molecule has 1 aliphatic carbocycles. The second kappa shape index (κ2) is 3.59. The van der Waals surface area contributed by atoms with Crippen LogP contribution in [0.5, 0.6) is 0 Å². The lowest BCUT2D eigenvalue weighted by atomic mass is 9.60. The molecule has 1 heteroatoms. The van der Waals surface area contributed by atoms with Gasteiger partial charge in [-0.05, 0) is 36.0 Å². The van der Waals surface area contributed by atoms with Gasteiger partial charge in [-0.1, -0.05) is 33.6 Å². The fraction of sp³-hybridized carbons (Fsp3) is 0.846. The van der Waals surface area contributed by atoms with Crippen molar-refractivity contribution in [2.45, 2.75) is 53.1 Å². The Balaban J connectivity index is 2.77. The molecule has 80 valence electrons. The van der Waals surface area contributed by atoms with E-state index in [9.17, 15) is 5.11 Å². The normalized spacial score (nSPS) is 28.0. The molecular formula is C13H22O. The van der Waals surface area contributed by atoms with Gasteiger partial charge in [0, 0.05) is 0 Å². The van der Waals surface area contributed by atoms with Gasteiger partial charge in [0.25, 0.3) is 0 Å². The summed E-state index contributed by atoms with van der Waals surface area (Å²) < 4.78 is 0. The zero-order valence-electron chi connectivity index (χ0n) is 9.80. The summed E-state index contributed by atoms with van der Waals surface area (Å²) in [6.45, 7) is 9.07. The number of rotatable bonds is 1. The highest BCUT2D eigenvalue weighted by Gasteiger charge is 2.40. The Labute approximate surface area is 87.9 Å². The van der Waals surface area contributed by atoms with E-state index in [4.69, 9.17) is 6.42 Å². The summed E-state index contributed by atoms with van der Waals surface area (Å²) in [4.78, 5) is 0. The van der Waals surface area contributed by atoms with Crippen LogP contribution in [0.3, 0.4) is 0 Å². The maximum Gasteiger partial charge on any atom is 0.117 e. The highest BCUT2D eigenvalue weighted by atomic mass is 16.3. The van der Waals surface area contributed by atoms with Crippen LogP contribution in [0.25, 0.3) is 0 Å². The molecule has 1 fully saturated rings. The van der Waals surface area contributed by atoms with Crippen molar-refractivity contribution in [3.8, 4) is 12.3 Å². The van der Waals surface area contributed by atoms with Crippen LogP contribution in [0.15, 0.2) is 0 Å². The Bertz CT molecular complexity index is 228. The molecule has 0 amide bonds. The zero-order valence-corrected chi connectivity index (χ0v) is 9.80. The van der Waals surface area contributed by atoms with Crippen molar-refractivity contribution in [3.05, 3.63) is 0 Å². The molecule has 0 aromatic rings. The monoisotopic (exact) mass is 194 g/mol. The van der Waals surface area contributed by atoms with Gasteiger partial charge < -0.3 is 5.11 Å². The summed E-state index contributed by atoms with van der Waals surface area (Å²) in [7, 11) is 0. The van der Waals surface area contributed by atoms with Crippen LogP contribution in [0.2, 0.25) is 0 Å². The molecule has 0 aliphatic heterocycles. The molecule has 1 N–H and O–H groups in total. The molecule has 1 aliphatic rings. The first-order valence-corrected chi connectivity index (χ1v) is 5.40. The zero-order chi connectivity index (χ0) is 11.0. The molecule has 0 radical (unpaired) electrons. The molecule has 0 saturated heterocycles. The number of terminal acetylenes is 1. The molecule has 0 aromatic carbocycles. The minimum absolute atomic E-state index is 0.277. The fourth-order valence-electron chi connectivity index (χ4n) is 3.29. The van der Waals surface area contributed by atoms with E-state index in [1.54, 1.807) is 0 Å². The van der Waals surface area contributed by atoms with Gasteiger partial charge in [-0.25, -0.2) is 0 Å². The Hall–Kier alpha value is -0.480. The molecule has 1 rings (SSSR count). The van der Waals surface area contributed by atoms with E-state index in [1.807, 2.05) is 0 Å². The van der Waals surface area contributed by atoms with E-state index >= 15 is 0 Å². The van der Waals surface area contributed by atoms with E-state index < -0.39 is 6.10 Å². The van der Waals surface area contributed by atoms with E-state index in [2.05, 4.69) is 33.6 Å². The fourth-order valence-corrected chi connectivity index (χ4v) is 3.29. The van der Waals surface area contributed by atoms with Gasteiger partial charge >= 0.3 is 0 Å². The van der Waals surface area contributed by atoms with Crippen molar-refractivity contribution in [1.29, 1.82) is 0 Å². The third kappa shape index (κ3) is 2.75. The summed E-state index contributed by atoms with van der Waals surface area (Å²) in [6, 6.07) is 0. The minimum Gasteiger partial charge on any atom is -0.380 e. The molecule has 0 spiro atoms. The molecule has 1 nitrogen and oxygen atoms in total. The molecule has 1 saturated carbocycles. The number of hydrogen-bond acceptors (Lipinski definition) is 1. The Kier molecular flexibility index (Phi) is 2.97. The number of aliphatic hydroxyl groups excluding tert-OH is 1. The molecule has 0 aromatic heterocycles. The largest absolute Gasteiger partial charge is 0.380 e. The second-order valence-corrected chi connectivity index (χ2v) is 6.29. The average molecular weight is 194 g/mol. The summed E-state index contributed by atoms with van der Waals surface area (Å²) in [5, 5.41) is 9.71. The first-order valence-electron chi connectivity index (χ1n) is 5.40. The highest BCUT2D eigenvalue weighted by Crippen LogP contribution is 2.49. The van der Waals surface area contributed by atoms with Crippen LogP contribution in [0.4, 0.5) is 0 Å². The average Bonchev–Trinajstić information content (AvgIpc) is 1.97. The minimum atomic E-state index is -0.561. The van der Waals surface area contributed by atoms with Gasteiger partial charge in [0.05, 0.1) is 0 Å². The van der Waals surface area contributed by atoms with E-state index in [-0.39, 0.29) is 5.92 Å². The summed E-state index contributed by atoms with van der Waals surface area (Å²) in [5.41, 5.74) is 0.620. The molecule has 0 heterocycles.